The predicted octanol–water partition coefficient (Wildman–Crippen LogP) is 1.66. The van der Waals surface area contributed by atoms with E-state index >= 15 is 0 Å². The molecule has 0 aliphatic rings. The monoisotopic (exact) mass is 162 g/mol. The van der Waals surface area contributed by atoms with Crippen LogP contribution in [0.3, 0.4) is 0 Å². The minimum absolute atomic E-state index is 0. The normalized spacial score (nSPS) is 18.8. The maximum Gasteiger partial charge on any atom is 0.0613 e. The first kappa shape index (κ1) is 13.5. The highest BCUT2D eigenvalue weighted by Gasteiger charge is 2.21. The van der Waals surface area contributed by atoms with Gasteiger partial charge in [-0.2, -0.15) is 0 Å². The number of hydrogen-bond donors (Lipinski definition) is 2. The summed E-state index contributed by atoms with van der Waals surface area (Å²) in [6.45, 7) is 7.46. The van der Waals surface area contributed by atoms with Crippen LogP contribution in [0.2, 0.25) is 0 Å². The van der Waals surface area contributed by atoms with Crippen molar-refractivity contribution in [3.8, 4) is 0 Å². The molecule has 0 aliphatic heterocycles. The van der Waals surface area contributed by atoms with Gasteiger partial charge < -0.3 is 10.2 Å². The molecule has 0 aliphatic carbocycles. The van der Waals surface area contributed by atoms with Gasteiger partial charge in [-0.1, -0.05) is 28.2 Å². The fraction of sp³-hybridized carbons (Fsp3) is 1.00. The van der Waals surface area contributed by atoms with E-state index in [1.54, 1.807) is 6.92 Å². The van der Waals surface area contributed by atoms with Crippen molar-refractivity contribution in [3.63, 3.8) is 0 Å². The molecule has 0 rings (SSSR count). The van der Waals surface area contributed by atoms with Gasteiger partial charge in [0.15, 0.2) is 0 Å². The van der Waals surface area contributed by atoms with Gasteiger partial charge in [0.1, 0.15) is 0 Å². The van der Waals surface area contributed by atoms with E-state index < -0.39 is 6.10 Å². The number of rotatable bonds is 3. The standard InChI is InChI=1S/C8H18O2.CH4/c1-5(2)8(10)6(3)7(4)9;/h5-10H,1-4H3;1H4. The van der Waals surface area contributed by atoms with Crippen molar-refractivity contribution in [3.05, 3.63) is 0 Å². The molecule has 0 aromatic carbocycles. The third kappa shape index (κ3) is 4.38. The summed E-state index contributed by atoms with van der Waals surface area (Å²) in [6, 6.07) is 0. The van der Waals surface area contributed by atoms with Gasteiger partial charge in [-0.3, -0.25) is 0 Å². The van der Waals surface area contributed by atoms with Crippen LogP contribution in [-0.4, -0.2) is 22.4 Å². The summed E-state index contributed by atoms with van der Waals surface area (Å²) in [7, 11) is 0. The smallest absolute Gasteiger partial charge is 0.0613 e. The van der Waals surface area contributed by atoms with Crippen LogP contribution in [0.4, 0.5) is 0 Å². The van der Waals surface area contributed by atoms with Gasteiger partial charge in [0.2, 0.25) is 0 Å². The molecule has 3 unspecified atom stereocenters. The maximum atomic E-state index is 9.41. The Morgan fingerprint density at radius 3 is 1.36 bits per heavy atom. The van der Waals surface area contributed by atoms with E-state index in [0.717, 1.165) is 0 Å². The quantitative estimate of drug-likeness (QED) is 0.662. The third-order valence-corrected chi connectivity index (χ3v) is 1.98. The lowest BCUT2D eigenvalue weighted by atomic mass is 9.91. The van der Waals surface area contributed by atoms with Crippen molar-refractivity contribution < 1.29 is 10.2 Å². The van der Waals surface area contributed by atoms with Gasteiger partial charge in [-0.05, 0) is 12.8 Å². The molecule has 0 fully saturated rings. The first-order valence-electron chi connectivity index (χ1n) is 3.83. The minimum Gasteiger partial charge on any atom is -0.393 e. The lowest BCUT2D eigenvalue weighted by Crippen LogP contribution is -2.31. The van der Waals surface area contributed by atoms with Crippen LogP contribution < -0.4 is 0 Å². The maximum absolute atomic E-state index is 9.41. The predicted molar refractivity (Wildman–Crippen MR) is 48.4 cm³/mol. The molecular weight excluding hydrogens is 140 g/mol. The summed E-state index contributed by atoms with van der Waals surface area (Å²) in [5.74, 6) is 0.199. The van der Waals surface area contributed by atoms with Gasteiger partial charge in [-0.25, -0.2) is 0 Å². The molecule has 2 N–H and O–H groups in total. The zero-order valence-corrected chi connectivity index (χ0v) is 7.20. The molecule has 0 saturated heterocycles. The van der Waals surface area contributed by atoms with Gasteiger partial charge in [-0.15, -0.1) is 0 Å². The Morgan fingerprint density at radius 1 is 0.909 bits per heavy atom. The van der Waals surface area contributed by atoms with Crippen LogP contribution >= 0.6 is 0 Å². The first-order chi connectivity index (χ1) is 4.46. The highest BCUT2D eigenvalue weighted by atomic mass is 16.3. The van der Waals surface area contributed by atoms with Crippen molar-refractivity contribution in [1.29, 1.82) is 0 Å². The Kier molecular flexibility index (Phi) is 6.82. The van der Waals surface area contributed by atoms with E-state index in [2.05, 4.69) is 0 Å². The van der Waals surface area contributed by atoms with Gasteiger partial charge >= 0.3 is 0 Å². The summed E-state index contributed by atoms with van der Waals surface area (Å²) in [4.78, 5) is 0. The highest BCUT2D eigenvalue weighted by molar-refractivity contribution is 4.71. The molecule has 0 radical (unpaired) electrons. The van der Waals surface area contributed by atoms with E-state index in [-0.39, 0.29) is 25.4 Å². The van der Waals surface area contributed by atoms with Gasteiger partial charge in [0.05, 0.1) is 12.2 Å². The van der Waals surface area contributed by atoms with Crippen molar-refractivity contribution in [2.75, 3.05) is 0 Å². The molecule has 0 heterocycles. The number of hydrogen-bond acceptors (Lipinski definition) is 2. The molecule has 2 heteroatoms. The average molecular weight is 162 g/mol. The Labute approximate surface area is 70.3 Å². The second kappa shape index (κ2) is 5.56. The Hall–Kier alpha value is -0.0800. The summed E-state index contributed by atoms with van der Waals surface area (Å²) < 4.78 is 0. The van der Waals surface area contributed by atoms with Crippen molar-refractivity contribution in [2.24, 2.45) is 11.8 Å². The van der Waals surface area contributed by atoms with Crippen molar-refractivity contribution in [2.45, 2.75) is 47.3 Å². The van der Waals surface area contributed by atoms with Crippen molar-refractivity contribution in [1.82, 2.24) is 0 Å². The van der Waals surface area contributed by atoms with Crippen LogP contribution in [-0.2, 0) is 0 Å². The lowest BCUT2D eigenvalue weighted by Gasteiger charge is -2.24. The van der Waals surface area contributed by atoms with E-state index in [0.29, 0.717) is 0 Å². The fourth-order valence-electron chi connectivity index (χ4n) is 0.892. The van der Waals surface area contributed by atoms with E-state index in [1.165, 1.54) is 0 Å². The van der Waals surface area contributed by atoms with Crippen molar-refractivity contribution >= 4 is 0 Å². The van der Waals surface area contributed by atoms with Crippen LogP contribution in [0, 0.1) is 11.8 Å². The largest absolute Gasteiger partial charge is 0.393 e. The third-order valence-electron chi connectivity index (χ3n) is 1.98. The average Bonchev–Trinajstić information content (AvgIpc) is 1.84. The van der Waals surface area contributed by atoms with Crippen LogP contribution in [0.5, 0.6) is 0 Å². The zero-order valence-electron chi connectivity index (χ0n) is 7.20. The van der Waals surface area contributed by atoms with E-state index in [4.69, 9.17) is 5.11 Å². The summed E-state index contributed by atoms with van der Waals surface area (Å²) in [5.41, 5.74) is 0. The minimum atomic E-state index is -0.419. The van der Waals surface area contributed by atoms with Crippen LogP contribution in [0.25, 0.3) is 0 Å². The molecule has 2 nitrogen and oxygen atoms in total. The first-order valence-corrected chi connectivity index (χ1v) is 3.83. The zero-order chi connectivity index (χ0) is 8.31. The topological polar surface area (TPSA) is 40.5 Å². The fourth-order valence-corrected chi connectivity index (χ4v) is 0.892. The van der Waals surface area contributed by atoms with Crippen LogP contribution in [0.1, 0.15) is 35.1 Å². The molecule has 3 atom stereocenters. The molecule has 0 amide bonds. The van der Waals surface area contributed by atoms with Crippen LogP contribution in [0.15, 0.2) is 0 Å². The molecule has 0 aromatic heterocycles. The molecule has 0 aromatic rings. The Morgan fingerprint density at radius 2 is 1.27 bits per heavy atom. The molecule has 0 saturated carbocycles. The second-order valence-electron chi connectivity index (χ2n) is 3.33. The number of aliphatic hydroxyl groups excluding tert-OH is 2. The van der Waals surface area contributed by atoms with Gasteiger partial charge in [0.25, 0.3) is 0 Å². The summed E-state index contributed by atoms with van der Waals surface area (Å²) in [6.07, 6.45) is -0.808. The SMILES string of the molecule is C.CC(C)C(O)C(C)C(C)O. The molecule has 70 valence electrons. The second-order valence-corrected chi connectivity index (χ2v) is 3.33. The Bertz CT molecular complexity index is 77.6. The molecular formula is C9H22O2. The summed E-state index contributed by atoms with van der Waals surface area (Å²) >= 11 is 0. The number of aliphatic hydroxyl groups is 2. The van der Waals surface area contributed by atoms with Gasteiger partial charge in [0, 0.05) is 5.92 Å². The molecule has 0 bridgehead atoms. The van der Waals surface area contributed by atoms with E-state index in [9.17, 15) is 5.11 Å². The molecule has 11 heavy (non-hydrogen) atoms. The Balaban J connectivity index is 0. The van der Waals surface area contributed by atoms with E-state index in [1.807, 2.05) is 20.8 Å². The molecule has 0 spiro atoms. The lowest BCUT2D eigenvalue weighted by molar-refractivity contribution is 0.00599. The summed E-state index contributed by atoms with van der Waals surface area (Å²) in [5, 5.41) is 18.5. The highest BCUT2D eigenvalue weighted by Crippen LogP contribution is 2.15.